The molecule has 0 radical (unpaired) electrons. The third-order valence-electron chi connectivity index (χ3n) is 10.6. The van der Waals surface area contributed by atoms with Crippen LogP contribution >= 0.6 is 0 Å². The molecule has 9 aromatic rings. The van der Waals surface area contributed by atoms with Gasteiger partial charge in [0.15, 0.2) is 11.2 Å². The van der Waals surface area contributed by atoms with E-state index >= 15 is 0 Å². The number of hydrogen-bond donors (Lipinski definition) is 0. The molecule has 0 fully saturated rings. The van der Waals surface area contributed by atoms with E-state index in [2.05, 4.69) is 179 Å². The predicted molar refractivity (Wildman–Crippen MR) is 218 cm³/mol. The number of fused-ring (bicyclic) bond motifs is 6. The monoisotopic (exact) mass is 700 g/mol. The van der Waals surface area contributed by atoms with Gasteiger partial charge in [-0.3, -0.25) is 0 Å². The van der Waals surface area contributed by atoms with Crippen LogP contribution in [0.15, 0.2) is 167 Å². The molecule has 4 heterocycles. The van der Waals surface area contributed by atoms with Crippen LogP contribution < -0.4 is 19.6 Å². The van der Waals surface area contributed by atoms with Crippen molar-refractivity contribution in [3.8, 4) is 22.9 Å². The molecular formula is C46H32N6O2. The number of aromatic nitrogens is 2. The zero-order chi connectivity index (χ0) is 35.9. The number of benzene rings is 7. The van der Waals surface area contributed by atoms with Crippen LogP contribution in [0.3, 0.4) is 0 Å². The largest absolute Gasteiger partial charge is 0.436 e. The summed E-state index contributed by atoms with van der Waals surface area (Å²) in [7, 11) is 4.23. The molecule has 0 bridgehead atoms. The molecule has 8 heteroatoms. The lowest BCUT2D eigenvalue weighted by Crippen LogP contribution is -2.23. The quantitative estimate of drug-likeness (QED) is 0.180. The minimum absolute atomic E-state index is 0.547. The summed E-state index contributed by atoms with van der Waals surface area (Å²) in [5.41, 5.74) is 15.8. The van der Waals surface area contributed by atoms with Crippen molar-refractivity contribution in [2.45, 2.75) is 0 Å². The van der Waals surface area contributed by atoms with Crippen LogP contribution in [0.25, 0.3) is 45.1 Å². The topological polar surface area (TPSA) is 65.0 Å². The van der Waals surface area contributed by atoms with Gasteiger partial charge in [0.1, 0.15) is 11.0 Å². The SMILES string of the molecule is CN1c2ccccc2N(c2ccc(-c3nc4cc5oc(-c6ccc(N7c8ccccc8N(C)c8ccccc87)cc6)nc5cc4o3)cc2)c2ccccc21. The fraction of sp³-hybridized carbons (Fsp3) is 0.0435. The molecule has 2 aliphatic rings. The van der Waals surface area contributed by atoms with Gasteiger partial charge in [-0.05, 0) is 97.1 Å². The Morgan fingerprint density at radius 2 is 0.667 bits per heavy atom. The Kier molecular flexibility index (Phi) is 6.51. The molecule has 7 aromatic carbocycles. The third-order valence-corrected chi connectivity index (χ3v) is 10.6. The first-order valence-electron chi connectivity index (χ1n) is 17.9. The average Bonchev–Trinajstić information content (AvgIpc) is 3.84. The second-order valence-corrected chi connectivity index (χ2v) is 13.7. The summed E-state index contributed by atoms with van der Waals surface area (Å²) >= 11 is 0. The Labute approximate surface area is 311 Å². The van der Waals surface area contributed by atoms with Gasteiger partial charge in [-0.1, -0.05) is 48.5 Å². The summed E-state index contributed by atoms with van der Waals surface area (Å²) in [6.07, 6.45) is 0. The molecule has 0 spiro atoms. The van der Waals surface area contributed by atoms with Gasteiger partial charge in [-0.2, -0.15) is 0 Å². The van der Waals surface area contributed by atoms with Crippen molar-refractivity contribution in [2.75, 3.05) is 33.7 Å². The molecule has 0 amide bonds. The highest BCUT2D eigenvalue weighted by Crippen LogP contribution is 2.52. The van der Waals surface area contributed by atoms with E-state index < -0.39 is 0 Å². The van der Waals surface area contributed by atoms with E-state index in [0.717, 1.165) is 68.0 Å². The summed E-state index contributed by atoms with van der Waals surface area (Å²) in [6, 6.07) is 54.5. The van der Waals surface area contributed by atoms with Crippen LogP contribution in [0, 0.1) is 0 Å². The molecule has 258 valence electrons. The highest BCUT2D eigenvalue weighted by atomic mass is 16.4. The van der Waals surface area contributed by atoms with Gasteiger partial charge in [0, 0.05) is 48.7 Å². The van der Waals surface area contributed by atoms with E-state index in [-0.39, 0.29) is 0 Å². The Morgan fingerprint density at radius 1 is 0.370 bits per heavy atom. The number of hydrogen-bond acceptors (Lipinski definition) is 8. The van der Waals surface area contributed by atoms with Gasteiger partial charge in [-0.15, -0.1) is 0 Å². The van der Waals surface area contributed by atoms with Crippen LogP contribution in [-0.2, 0) is 0 Å². The van der Waals surface area contributed by atoms with E-state index in [9.17, 15) is 0 Å². The molecule has 0 saturated carbocycles. The first kappa shape index (κ1) is 30.3. The molecule has 0 N–H and O–H groups in total. The molecule has 11 rings (SSSR count). The normalized spacial score (nSPS) is 13.2. The number of nitrogens with zero attached hydrogens (tertiary/aromatic N) is 6. The van der Waals surface area contributed by atoms with E-state index in [4.69, 9.17) is 18.8 Å². The summed E-state index contributed by atoms with van der Waals surface area (Å²) in [5.74, 6) is 1.09. The van der Waals surface area contributed by atoms with Crippen molar-refractivity contribution >= 4 is 79.1 Å². The molecule has 54 heavy (non-hydrogen) atoms. The maximum absolute atomic E-state index is 6.31. The van der Waals surface area contributed by atoms with Crippen LogP contribution in [0.5, 0.6) is 0 Å². The zero-order valence-corrected chi connectivity index (χ0v) is 29.5. The second kappa shape index (κ2) is 11.6. The summed E-state index contributed by atoms with van der Waals surface area (Å²) in [5, 5.41) is 0. The van der Waals surface area contributed by atoms with E-state index in [1.165, 1.54) is 0 Å². The van der Waals surface area contributed by atoms with Crippen molar-refractivity contribution in [2.24, 2.45) is 0 Å². The minimum atomic E-state index is 0.547. The lowest BCUT2D eigenvalue weighted by atomic mass is 10.1. The van der Waals surface area contributed by atoms with Gasteiger partial charge < -0.3 is 28.4 Å². The van der Waals surface area contributed by atoms with Gasteiger partial charge in [-0.25, -0.2) is 9.97 Å². The first-order chi connectivity index (χ1) is 26.6. The van der Waals surface area contributed by atoms with Gasteiger partial charge >= 0.3 is 0 Å². The minimum Gasteiger partial charge on any atom is -0.436 e. The number of para-hydroxylation sites is 8. The highest BCUT2D eigenvalue weighted by molar-refractivity contribution is 5.99. The zero-order valence-electron chi connectivity index (χ0n) is 29.5. The fourth-order valence-corrected chi connectivity index (χ4v) is 7.93. The van der Waals surface area contributed by atoms with Crippen molar-refractivity contribution in [3.05, 3.63) is 158 Å². The lowest BCUT2D eigenvalue weighted by Gasteiger charge is -2.38. The number of anilines is 10. The van der Waals surface area contributed by atoms with Gasteiger partial charge in [0.05, 0.1) is 45.5 Å². The van der Waals surface area contributed by atoms with Crippen LogP contribution in [0.2, 0.25) is 0 Å². The molecule has 2 aliphatic heterocycles. The maximum atomic E-state index is 6.31. The summed E-state index contributed by atoms with van der Waals surface area (Å²) in [4.78, 5) is 18.8. The van der Waals surface area contributed by atoms with Crippen LogP contribution in [0.4, 0.5) is 56.9 Å². The molecule has 0 atom stereocenters. The smallest absolute Gasteiger partial charge is 0.227 e. The van der Waals surface area contributed by atoms with Crippen molar-refractivity contribution in [1.82, 2.24) is 9.97 Å². The Hall–Kier alpha value is -7.32. The van der Waals surface area contributed by atoms with Crippen LogP contribution in [0.1, 0.15) is 0 Å². The van der Waals surface area contributed by atoms with Crippen LogP contribution in [-0.4, -0.2) is 24.1 Å². The number of oxazole rings is 2. The lowest BCUT2D eigenvalue weighted by molar-refractivity contribution is 0.618. The third kappa shape index (κ3) is 4.56. The Morgan fingerprint density at radius 3 is 0.981 bits per heavy atom. The molecule has 0 aliphatic carbocycles. The van der Waals surface area contributed by atoms with E-state index in [0.29, 0.717) is 34.0 Å². The van der Waals surface area contributed by atoms with E-state index in [1.54, 1.807) is 0 Å². The molecule has 2 aromatic heterocycles. The van der Waals surface area contributed by atoms with Crippen molar-refractivity contribution in [3.63, 3.8) is 0 Å². The first-order valence-corrected chi connectivity index (χ1v) is 17.9. The van der Waals surface area contributed by atoms with Crippen molar-refractivity contribution in [1.29, 1.82) is 0 Å². The number of rotatable bonds is 4. The molecular weight excluding hydrogens is 669 g/mol. The van der Waals surface area contributed by atoms with Gasteiger partial charge in [0.25, 0.3) is 0 Å². The second-order valence-electron chi connectivity index (χ2n) is 13.7. The molecule has 8 nitrogen and oxygen atoms in total. The fourth-order valence-electron chi connectivity index (χ4n) is 7.93. The summed E-state index contributed by atoms with van der Waals surface area (Å²) < 4.78 is 12.6. The standard InChI is InChI=1S/C46H32N6O2/c1-49-35-11-3-7-15-39(35)51(40-16-8-4-12-36(40)49)31-23-19-29(20-24-31)45-47-33-27-44-34(28-43(33)53-45)48-46(54-44)30-21-25-32(26-22-30)52-41-17-9-5-13-37(41)50(2)38-14-6-10-18-42(38)52/h3-28H,1-2H3. The highest BCUT2D eigenvalue weighted by Gasteiger charge is 2.28. The van der Waals surface area contributed by atoms with Crippen molar-refractivity contribution < 1.29 is 8.83 Å². The predicted octanol–water partition coefficient (Wildman–Crippen LogP) is 12.4. The van der Waals surface area contributed by atoms with E-state index in [1.807, 2.05) is 12.1 Å². The summed E-state index contributed by atoms with van der Waals surface area (Å²) in [6.45, 7) is 0. The maximum Gasteiger partial charge on any atom is 0.227 e. The average molecular weight is 701 g/mol. The van der Waals surface area contributed by atoms with Gasteiger partial charge in [0.2, 0.25) is 11.8 Å². The Bertz CT molecular complexity index is 2550. The molecule has 0 unspecified atom stereocenters. The molecule has 0 saturated heterocycles. The Balaban J connectivity index is 0.886.